The molecule has 0 aliphatic carbocycles. The highest BCUT2D eigenvalue weighted by Crippen LogP contribution is 2.42. The fourth-order valence-corrected chi connectivity index (χ4v) is 5.07. The lowest BCUT2D eigenvalue weighted by atomic mass is 10.1. The number of hydrogen-bond acceptors (Lipinski definition) is 3. The van der Waals surface area contributed by atoms with Crippen LogP contribution in [0.1, 0.15) is 21.4 Å². The van der Waals surface area contributed by atoms with Gasteiger partial charge in [0, 0.05) is 40.5 Å². The Morgan fingerprint density at radius 1 is 1.15 bits per heavy atom. The van der Waals surface area contributed by atoms with Crippen molar-refractivity contribution in [3.05, 3.63) is 75.9 Å². The van der Waals surface area contributed by atoms with E-state index in [2.05, 4.69) is 5.10 Å². The van der Waals surface area contributed by atoms with Gasteiger partial charge in [0.15, 0.2) is 0 Å². The van der Waals surface area contributed by atoms with E-state index in [1.165, 1.54) is 0 Å². The van der Waals surface area contributed by atoms with Crippen LogP contribution in [0.4, 0.5) is 0 Å². The summed E-state index contributed by atoms with van der Waals surface area (Å²) < 4.78 is 1.65. The molecular formula is C20H17Cl2N3OS. The van der Waals surface area contributed by atoms with Gasteiger partial charge in [-0.1, -0.05) is 59.6 Å². The van der Waals surface area contributed by atoms with Crippen LogP contribution in [0.5, 0.6) is 0 Å². The van der Waals surface area contributed by atoms with Crippen molar-refractivity contribution in [1.29, 1.82) is 0 Å². The van der Waals surface area contributed by atoms with Crippen molar-refractivity contribution >= 4 is 40.9 Å². The summed E-state index contributed by atoms with van der Waals surface area (Å²) in [5, 5.41) is 5.56. The molecule has 1 amide bonds. The maximum absolute atomic E-state index is 13.3. The molecule has 0 spiro atoms. The number of aromatic nitrogens is 2. The molecule has 2 heterocycles. The van der Waals surface area contributed by atoms with Crippen LogP contribution in [0.2, 0.25) is 10.0 Å². The molecule has 1 aliphatic heterocycles. The number of halogens is 2. The minimum Gasteiger partial charge on any atom is -0.320 e. The zero-order valence-electron chi connectivity index (χ0n) is 14.6. The Morgan fingerprint density at radius 2 is 1.93 bits per heavy atom. The topological polar surface area (TPSA) is 38.1 Å². The molecule has 138 valence electrons. The normalized spacial score (nSPS) is 16.7. The van der Waals surface area contributed by atoms with Gasteiger partial charge in [0.25, 0.3) is 5.91 Å². The Kier molecular flexibility index (Phi) is 5.17. The number of nitrogens with zero attached hydrogens (tertiary/aromatic N) is 3. The lowest BCUT2D eigenvalue weighted by Crippen LogP contribution is -2.32. The summed E-state index contributed by atoms with van der Waals surface area (Å²) in [4.78, 5) is 15.1. The highest BCUT2D eigenvalue weighted by Gasteiger charge is 2.34. The molecule has 0 radical (unpaired) electrons. The third-order valence-electron chi connectivity index (χ3n) is 4.55. The third kappa shape index (κ3) is 3.59. The summed E-state index contributed by atoms with van der Waals surface area (Å²) in [6, 6.07) is 17.1. The number of thioether (sulfide) groups is 1. The summed E-state index contributed by atoms with van der Waals surface area (Å²) in [6.45, 7) is 0.666. The molecule has 1 unspecified atom stereocenters. The zero-order valence-corrected chi connectivity index (χ0v) is 16.9. The van der Waals surface area contributed by atoms with Crippen molar-refractivity contribution in [2.75, 3.05) is 12.3 Å². The highest BCUT2D eigenvalue weighted by atomic mass is 35.5. The monoisotopic (exact) mass is 417 g/mol. The van der Waals surface area contributed by atoms with Crippen molar-refractivity contribution in [3.8, 4) is 11.3 Å². The SMILES string of the molecule is Cn1nc(-c2ccccc2)cc1C(=O)N1CCSC1c1ccc(Cl)cc1Cl. The third-order valence-corrected chi connectivity index (χ3v) is 6.35. The number of carbonyl (C=O) groups excluding carboxylic acids is 1. The van der Waals surface area contributed by atoms with E-state index in [9.17, 15) is 4.79 Å². The van der Waals surface area contributed by atoms with E-state index < -0.39 is 0 Å². The smallest absolute Gasteiger partial charge is 0.273 e. The van der Waals surface area contributed by atoms with E-state index in [0.29, 0.717) is 22.3 Å². The molecule has 1 saturated heterocycles. The molecule has 1 aromatic heterocycles. The predicted octanol–water partition coefficient (Wildman–Crippen LogP) is 5.28. The molecule has 0 bridgehead atoms. The van der Waals surface area contributed by atoms with Gasteiger partial charge >= 0.3 is 0 Å². The maximum Gasteiger partial charge on any atom is 0.273 e. The molecule has 1 fully saturated rings. The first-order valence-electron chi connectivity index (χ1n) is 8.51. The van der Waals surface area contributed by atoms with Crippen LogP contribution in [0.25, 0.3) is 11.3 Å². The molecule has 1 atom stereocenters. The minimum absolute atomic E-state index is 0.0480. The van der Waals surface area contributed by atoms with Gasteiger partial charge in [-0.3, -0.25) is 9.48 Å². The van der Waals surface area contributed by atoms with Gasteiger partial charge in [0.1, 0.15) is 11.1 Å². The van der Waals surface area contributed by atoms with Gasteiger partial charge in [-0.15, -0.1) is 11.8 Å². The van der Waals surface area contributed by atoms with E-state index in [-0.39, 0.29) is 11.3 Å². The Balaban J connectivity index is 1.65. The van der Waals surface area contributed by atoms with Gasteiger partial charge in [-0.2, -0.15) is 5.10 Å². The summed E-state index contributed by atoms with van der Waals surface area (Å²) in [5.74, 6) is 0.812. The lowest BCUT2D eigenvalue weighted by molar-refractivity contribution is 0.0749. The second-order valence-corrected chi connectivity index (χ2v) is 8.32. The van der Waals surface area contributed by atoms with Crippen molar-refractivity contribution in [1.82, 2.24) is 14.7 Å². The molecule has 4 nitrogen and oxygen atoms in total. The van der Waals surface area contributed by atoms with Crippen molar-refractivity contribution in [2.24, 2.45) is 7.05 Å². The first kappa shape index (κ1) is 18.4. The summed E-state index contributed by atoms with van der Waals surface area (Å²) in [7, 11) is 1.80. The van der Waals surface area contributed by atoms with E-state index >= 15 is 0 Å². The van der Waals surface area contributed by atoms with Crippen LogP contribution in [0, 0.1) is 0 Å². The Labute approximate surface area is 172 Å². The molecule has 3 aromatic rings. The van der Waals surface area contributed by atoms with Gasteiger partial charge in [-0.05, 0) is 18.2 Å². The molecule has 0 saturated carbocycles. The Morgan fingerprint density at radius 3 is 2.67 bits per heavy atom. The van der Waals surface area contributed by atoms with Gasteiger partial charge < -0.3 is 4.90 Å². The standard InChI is InChI=1S/C20H17Cl2N3OS/c1-24-18(12-17(23-24)13-5-3-2-4-6-13)19(26)25-9-10-27-20(25)15-8-7-14(21)11-16(15)22/h2-8,11-12,20H,9-10H2,1H3. The van der Waals surface area contributed by atoms with E-state index in [1.54, 1.807) is 29.6 Å². The Bertz CT molecular complexity index is 990. The fraction of sp³-hybridized carbons (Fsp3) is 0.200. The largest absolute Gasteiger partial charge is 0.320 e. The number of rotatable bonds is 3. The van der Waals surface area contributed by atoms with Crippen LogP contribution in [-0.2, 0) is 7.05 Å². The van der Waals surface area contributed by atoms with Crippen LogP contribution in [0.15, 0.2) is 54.6 Å². The van der Waals surface area contributed by atoms with Gasteiger partial charge in [0.2, 0.25) is 0 Å². The second-order valence-electron chi connectivity index (χ2n) is 6.29. The van der Waals surface area contributed by atoms with E-state index in [1.807, 2.05) is 53.4 Å². The molecule has 1 aliphatic rings. The van der Waals surface area contributed by atoms with Crippen molar-refractivity contribution in [2.45, 2.75) is 5.37 Å². The van der Waals surface area contributed by atoms with Crippen LogP contribution < -0.4 is 0 Å². The highest BCUT2D eigenvalue weighted by molar-refractivity contribution is 7.99. The predicted molar refractivity (Wildman–Crippen MR) is 111 cm³/mol. The first-order chi connectivity index (χ1) is 13.0. The van der Waals surface area contributed by atoms with Crippen LogP contribution in [-0.4, -0.2) is 32.9 Å². The van der Waals surface area contributed by atoms with Crippen LogP contribution in [0.3, 0.4) is 0 Å². The molecule has 27 heavy (non-hydrogen) atoms. The first-order valence-corrected chi connectivity index (χ1v) is 10.3. The zero-order chi connectivity index (χ0) is 19.0. The number of benzene rings is 2. The van der Waals surface area contributed by atoms with Crippen molar-refractivity contribution in [3.63, 3.8) is 0 Å². The quantitative estimate of drug-likeness (QED) is 0.581. The molecule has 4 rings (SSSR count). The van der Waals surface area contributed by atoms with Gasteiger partial charge in [0.05, 0.1) is 5.69 Å². The van der Waals surface area contributed by atoms with E-state index in [4.69, 9.17) is 23.2 Å². The number of amides is 1. The summed E-state index contributed by atoms with van der Waals surface area (Å²) >= 11 is 14.1. The maximum atomic E-state index is 13.3. The van der Waals surface area contributed by atoms with E-state index in [0.717, 1.165) is 22.6 Å². The average Bonchev–Trinajstić information content (AvgIpc) is 3.29. The fourth-order valence-electron chi connectivity index (χ4n) is 3.20. The Hall–Kier alpha value is -1.95. The minimum atomic E-state index is -0.127. The van der Waals surface area contributed by atoms with Crippen molar-refractivity contribution < 1.29 is 4.79 Å². The van der Waals surface area contributed by atoms with Crippen LogP contribution >= 0.6 is 35.0 Å². The molecular weight excluding hydrogens is 401 g/mol. The summed E-state index contributed by atoms with van der Waals surface area (Å²) in [6.07, 6.45) is 0. The lowest BCUT2D eigenvalue weighted by Gasteiger charge is -2.24. The number of carbonyl (C=O) groups is 1. The number of aryl methyl sites for hydroxylation is 1. The molecule has 7 heteroatoms. The number of hydrogen-bond donors (Lipinski definition) is 0. The van der Waals surface area contributed by atoms with Gasteiger partial charge in [-0.25, -0.2) is 0 Å². The summed E-state index contributed by atoms with van der Waals surface area (Å²) in [5.41, 5.74) is 3.24. The average molecular weight is 418 g/mol. The molecule has 2 aromatic carbocycles. The molecule has 0 N–H and O–H groups in total. The second kappa shape index (κ2) is 7.58.